The molecule has 0 unspecified atom stereocenters. The summed E-state index contributed by atoms with van der Waals surface area (Å²) in [5.74, 6) is 1.09. The van der Waals surface area contributed by atoms with E-state index in [4.69, 9.17) is 4.74 Å². The van der Waals surface area contributed by atoms with Gasteiger partial charge in [-0.2, -0.15) is 0 Å². The normalized spacial score (nSPS) is 10.9. The van der Waals surface area contributed by atoms with E-state index in [0.717, 1.165) is 11.3 Å². The van der Waals surface area contributed by atoms with Gasteiger partial charge in [-0.05, 0) is 69.7 Å². The Labute approximate surface area is 127 Å². The molecule has 0 aromatic heterocycles. The molecule has 106 valence electrons. The largest absolute Gasteiger partial charge is 0.489 e. The van der Waals surface area contributed by atoms with Crippen LogP contribution in [0.4, 0.5) is 4.39 Å². The first kappa shape index (κ1) is 15.0. The van der Waals surface area contributed by atoms with Crippen molar-refractivity contribution in [3.05, 3.63) is 63.4 Å². The van der Waals surface area contributed by atoms with Crippen LogP contribution in [0.25, 0.3) is 0 Å². The number of benzene rings is 2. The molecule has 0 aliphatic rings. The molecule has 1 nitrogen and oxygen atoms in total. The smallest absolute Gasteiger partial charge is 0.137 e. The van der Waals surface area contributed by atoms with Gasteiger partial charge in [-0.3, -0.25) is 0 Å². The van der Waals surface area contributed by atoms with Crippen molar-refractivity contribution in [3.8, 4) is 5.75 Å². The lowest BCUT2D eigenvalue weighted by Gasteiger charge is -2.12. The second kappa shape index (κ2) is 6.40. The van der Waals surface area contributed by atoms with Crippen molar-refractivity contribution >= 4 is 15.9 Å². The Morgan fingerprint density at radius 1 is 1.15 bits per heavy atom. The van der Waals surface area contributed by atoms with E-state index >= 15 is 0 Å². The van der Waals surface area contributed by atoms with Gasteiger partial charge in [-0.1, -0.05) is 26.0 Å². The maximum atomic E-state index is 13.1. The molecule has 0 saturated heterocycles. The highest BCUT2D eigenvalue weighted by molar-refractivity contribution is 9.10. The summed E-state index contributed by atoms with van der Waals surface area (Å²) in [6, 6.07) is 11.1. The van der Waals surface area contributed by atoms with E-state index in [-0.39, 0.29) is 5.82 Å². The molecule has 2 rings (SSSR count). The molecular weight excluding hydrogens is 319 g/mol. The lowest BCUT2D eigenvalue weighted by Crippen LogP contribution is -1.98. The molecule has 3 heteroatoms. The molecule has 0 saturated carbocycles. The van der Waals surface area contributed by atoms with E-state index in [0.29, 0.717) is 17.0 Å². The molecule has 0 amide bonds. The average Bonchev–Trinajstić information content (AvgIpc) is 2.40. The van der Waals surface area contributed by atoms with Gasteiger partial charge in [0.25, 0.3) is 0 Å². The predicted molar refractivity (Wildman–Crippen MR) is 83.7 cm³/mol. The topological polar surface area (TPSA) is 9.23 Å². The van der Waals surface area contributed by atoms with Crippen molar-refractivity contribution < 1.29 is 9.13 Å². The van der Waals surface area contributed by atoms with Gasteiger partial charge < -0.3 is 4.74 Å². The van der Waals surface area contributed by atoms with Crippen LogP contribution in [0.15, 0.2) is 40.9 Å². The van der Waals surface area contributed by atoms with Crippen LogP contribution in [0.5, 0.6) is 5.75 Å². The second-order valence-corrected chi connectivity index (χ2v) is 6.06. The highest BCUT2D eigenvalue weighted by Gasteiger charge is 2.05. The highest BCUT2D eigenvalue weighted by Crippen LogP contribution is 2.24. The number of ether oxygens (including phenoxy) is 1. The molecule has 0 N–H and O–H groups in total. The van der Waals surface area contributed by atoms with Crippen molar-refractivity contribution in [1.82, 2.24) is 0 Å². The minimum absolute atomic E-state index is 0.258. The van der Waals surface area contributed by atoms with Crippen LogP contribution in [0.3, 0.4) is 0 Å². The molecule has 0 heterocycles. The number of hydrogen-bond acceptors (Lipinski definition) is 1. The zero-order valence-corrected chi connectivity index (χ0v) is 13.5. The molecule has 2 aromatic carbocycles. The monoisotopic (exact) mass is 336 g/mol. The van der Waals surface area contributed by atoms with Gasteiger partial charge in [0.15, 0.2) is 0 Å². The van der Waals surface area contributed by atoms with Crippen LogP contribution >= 0.6 is 15.9 Å². The van der Waals surface area contributed by atoms with E-state index < -0.39 is 0 Å². The third kappa shape index (κ3) is 3.60. The molecule has 0 spiro atoms. The fraction of sp³-hybridized carbons (Fsp3) is 0.294. The maximum Gasteiger partial charge on any atom is 0.137 e. The molecule has 20 heavy (non-hydrogen) atoms. The summed E-state index contributed by atoms with van der Waals surface area (Å²) < 4.78 is 19.4. The van der Waals surface area contributed by atoms with Crippen molar-refractivity contribution in [2.24, 2.45) is 0 Å². The Hall–Kier alpha value is -1.35. The van der Waals surface area contributed by atoms with Crippen molar-refractivity contribution in [3.63, 3.8) is 0 Å². The Morgan fingerprint density at radius 2 is 1.90 bits per heavy atom. The molecular formula is C17H18BrFO. The third-order valence-corrected chi connectivity index (χ3v) is 3.86. The van der Waals surface area contributed by atoms with E-state index in [1.807, 2.05) is 12.1 Å². The number of aryl methyl sites for hydroxylation is 1. The van der Waals surface area contributed by atoms with Gasteiger partial charge in [-0.15, -0.1) is 0 Å². The molecule has 0 bridgehead atoms. The van der Waals surface area contributed by atoms with Gasteiger partial charge >= 0.3 is 0 Å². The lowest BCUT2D eigenvalue weighted by molar-refractivity contribution is 0.305. The second-order valence-electron chi connectivity index (χ2n) is 5.21. The fourth-order valence-electron chi connectivity index (χ4n) is 2.18. The van der Waals surface area contributed by atoms with Gasteiger partial charge in [0.2, 0.25) is 0 Å². The number of rotatable bonds is 4. The van der Waals surface area contributed by atoms with Crippen molar-refractivity contribution in [1.29, 1.82) is 0 Å². The summed E-state index contributed by atoms with van der Waals surface area (Å²) in [4.78, 5) is 0. The summed E-state index contributed by atoms with van der Waals surface area (Å²) in [6.45, 7) is 6.88. The van der Waals surface area contributed by atoms with E-state index in [1.165, 1.54) is 17.2 Å². The zero-order valence-electron chi connectivity index (χ0n) is 11.9. The highest BCUT2D eigenvalue weighted by atomic mass is 79.9. The van der Waals surface area contributed by atoms with Crippen LogP contribution in [0, 0.1) is 12.7 Å². The predicted octanol–water partition coefficient (Wildman–Crippen LogP) is 5.60. The summed E-state index contributed by atoms with van der Waals surface area (Å²) in [5.41, 5.74) is 3.50. The average molecular weight is 337 g/mol. The number of hydrogen-bond donors (Lipinski definition) is 0. The molecule has 0 aliphatic heterocycles. The zero-order chi connectivity index (χ0) is 14.7. The minimum atomic E-state index is -0.258. The molecule has 0 fully saturated rings. The Balaban J connectivity index is 2.07. The molecule has 0 atom stereocenters. The maximum absolute atomic E-state index is 13.1. The van der Waals surface area contributed by atoms with Crippen LogP contribution < -0.4 is 4.74 Å². The van der Waals surface area contributed by atoms with Crippen LogP contribution in [-0.4, -0.2) is 0 Å². The first-order valence-corrected chi connectivity index (χ1v) is 7.44. The van der Waals surface area contributed by atoms with E-state index in [9.17, 15) is 4.39 Å². The Morgan fingerprint density at radius 3 is 2.50 bits per heavy atom. The molecule has 0 radical (unpaired) electrons. The Bertz CT molecular complexity index is 608. The standard InChI is InChI=1S/C17H18BrFO/c1-11(2)15-6-5-14(8-12(15)3)20-10-13-4-7-17(19)16(18)9-13/h4-9,11H,10H2,1-3H3. The Kier molecular flexibility index (Phi) is 4.81. The van der Waals surface area contributed by atoms with Crippen molar-refractivity contribution in [2.45, 2.75) is 33.3 Å². The van der Waals surface area contributed by atoms with Gasteiger partial charge in [-0.25, -0.2) is 4.39 Å². The van der Waals surface area contributed by atoms with Crippen LogP contribution in [0.1, 0.15) is 36.5 Å². The molecule has 0 aliphatic carbocycles. The summed E-state index contributed by atoms with van der Waals surface area (Å²) in [6.07, 6.45) is 0. The first-order chi connectivity index (χ1) is 9.47. The van der Waals surface area contributed by atoms with Gasteiger partial charge in [0, 0.05) is 0 Å². The SMILES string of the molecule is Cc1cc(OCc2ccc(F)c(Br)c2)ccc1C(C)C. The molecule has 2 aromatic rings. The number of halogens is 2. The van der Waals surface area contributed by atoms with Crippen molar-refractivity contribution in [2.75, 3.05) is 0 Å². The van der Waals surface area contributed by atoms with E-state index in [2.05, 4.69) is 42.8 Å². The quantitative estimate of drug-likeness (QED) is 0.706. The third-order valence-electron chi connectivity index (χ3n) is 3.25. The summed E-state index contributed by atoms with van der Waals surface area (Å²) in [7, 11) is 0. The first-order valence-electron chi connectivity index (χ1n) is 6.64. The van der Waals surface area contributed by atoms with Crippen LogP contribution in [-0.2, 0) is 6.61 Å². The van der Waals surface area contributed by atoms with Gasteiger partial charge in [0.05, 0.1) is 4.47 Å². The summed E-state index contributed by atoms with van der Waals surface area (Å²) in [5, 5.41) is 0. The van der Waals surface area contributed by atoms with Crippen LogP contribution in [0.2, 0.25) is 0 Å². The fourth-order valence-corrected chi connectivity index (χ4v) is 2.61. The van der Waals surface area contributed by atoms with Gasteiger partial charge in [0.1, 0.15) is 18.2 Å². The minimum Gasteiger partial charge on any atom is -0.489 e. The lowest BCUT2D eigenvalue weighted by atomic mass is 9.98. The summed E-state index contributed by atoms with van der Waals surface area (Å²) >= 11 is 3.18. The van der Waals surface area contributed by atoms with E-state index in [1.54, 1.807) is 12.1 Å².